The Bertz CT molecular complexity index is 1140. The molecule has 0 aliphatic heterocycles. The van der Waals surface area contributed by atoms with Gasteiger partial charge in [-0.1, -0.05) is 24.6 Å². The second-order valence-corrected chi connectivity index (χ2v) is 6.90. The normalized spacial score (nSPS) is 10.7. The van der Waals surface area contributed by atoms with Crippen LogP contribution in [-0.4, -0.2) is 43.4 Å². The van der Waals surface area contributed by atoms with Gasteiger partial charge in [-0.05, 0) is 12.1 Å². The fourth-order valence-corrected chi connectivity index (χ4v) is 3.17. The standard InChI is InChI=1S/C19H19N9S/c1-4-12-11-22-19(25-15-7-8-23-27-15)26-18(12)24-14-6-5-13-16(21-10-9-20-13)17(14)28(2)29-3/h4-11H,1H2,2-3H3,(H3,22,23,24,25,26,27). The molecule has 0 bridgehead atoms. The highest BCUT2D eigenvalue weighted by Gasteiger charge is 2.16. The number of rotatable bonds is 7. The Kier molecular flexibility index (Phi) is 5.25. The van der Waals surface area contributed by atoms with Gasteiger partial charge in [0, 0.05) is 43.5 Å². The fraction of sp³-hybridized carbons (Fsp3) is 0.105. The number of fused-ring (bicyclic) bond motifs is 1. The number of anilines is 5. The molecule has 9 nitrogen and oxygen atoms in total. The quantitative estimate of drug-likeness (QED) is 0.393. The molecule has 0 unspecified atom stereocenters. The number of nitrogens with one attached hydrogen (secondary N) is 3. The van der Waals surface area contributed by atoms with Gasteiger partial charge in [0.1, 0.15) is 17.2 Å². The van der Waals surface area contributed by atoms with E-state index >= 15 is 0 Å². The van der Waals surface area contributed by atoms with E-state index in [0.29, 0.717) is 17.6 Å². The Morgan fingerprint density at radius 2 is 1.97 bits per heavy atom. The van der Waals surface area contributed by atoms with Crippen LogP contribution in [0, 0.1) is 0 Å². The monoisotopic (exact) mass is 405 g/mol. The van der Waals surface area contributed by atoms with Gasteiger partial charge in [0.2, 0.25) is 5.95 Å². The summed E-state index contributed by atoms with van der Waals surface area (Å²) in [7, 11) is 1.99. The molecule has 0 aliphatic carbocycles. The molecule has 0 atom stereocenters. The van der Waals surface area contributed by atoms with Gasteiger partial charge in [-0.15, -0.1) is 0 Å². The van der Waals surface area contributed by atoms with E-state index in [1.807, 2.05) is 29.7 Å². The maximum absolute atomic E-state index is 4.61. The van der Waals surface area contributed by atoms with Crippen LogP contribution < -0.4 is 14.9 Å². The number of H-pyrrole nitrogens is 1. The summed E-state index contributed by atoms with van der Waals surface area (Å²) in [5.74, 6) is 1.75. The van der Waals surface area contributed by atoms with E-state index < -0.39 is 0 Å². The predicted octanol–water partition coefficient (Wildman–Crippen LogP) is 3.99. The smallest absolute Gasteiger partial charge is 0.230 e. The third-order valence-corrected chi connectivity index (χ3v) is 4.97. The first kappa shape index (κ1) is 18.7. The maximum atomic E-state index is 4.61. The summed E-state index contributed by atoms with van der Waals surface area (Å²) in [6.07, 6.45) is 10.5. The molecule has 0 radical (unpaired) electrons. The van der Waals surface area contributed by atoms with Crippen LogP contribution >= 0.6 is 11.9 Å². The van der Waals surface area contributed by atoms with Crippen LogP contribution in [0.25, 0.3) is 17.1 Å². The van der Waals surface area contributed by atoms with Crippen LogP contribution in [0.3, 0.4) is 0 Å². The van der Waals surface area contributed by atoms with Gasteiger partial charge in [-0.25, -0.2) is 4.98 Å². The zero-order valence-electron chi connectivity index (χ0n) is 15.9. The van der Waals surface area contributed by atoms with Crippen LogP contribution in [0.2, 0.25) is 0 Å². The summed E-state index contributed by atoms with van der Waals surface area (Å²) in [6, 6.07) is 5.70. The summed E-state index contributed by atoms with van der Waals surface area (Å²) >= 11 is 1.58. The van der Waals surface area contributed by atoms with Crippen LogP contribution in [0.5, 0.6) is 0 Å². The number of benzene rings is 1. The SMILES string of the molecule is C=Cc1cnc(Nc2ccn[nH]2)nc1Nc1ccc2nccnc2c1N(C)SC. The molecule has 3 N–H and O–H groups in total. The van der Waals surface area contributed by atoms with Gasteiger partial charge in [-0.3, -0.25) is 15.1 Å². The second-order valence-electron chi connectivity index (χ2n) is 5.99. The lowest BCUT2D eigenvalue weighted by Gasteiger charge is -2.22. The Morgan fingerprint density at radius 1 is 1.10 bits per heavy atom. The first-order valence-electron chi connectivity index (χ1n) is 8.74. The minimum Gasteiger partial charge on any atom is -0.338 e. The summed E-state index contributed by atoms with van der Waals surface area (Å²) in [5.41, 5.74) is 4.17. The Labute approximate surface area is 171 Å². The number of hydrogen-bond donors (Lipinski definition) is 3. The molecule has 0 aliphatic rings. The third-order valence-electron chi connectivity index (χ3n) is 4.24. The first-order chi connectivity index (χ1) is 14.2. The first-order valence-corrected chi connectivity index (χ1v) is 9.92. The van der Waals surface area contributed by atoms with Gasteiger partial charge in [-0.2, -0.15) is 10.1 Å². The number of aromatic nitrogens is 6. The van der Waals surface area contributed by atoms with E-state index in [1.54, 1.807) is 48.9 Å². The Hall–Kier alpha value is -3.66. The molecule has 29 heavy (non-hydrogen) atoms. The van der Waals surface area contributed by atoms with Crippen molar-refractivity contribution >= 4 is 58.0 Å². The molecule has 3 aromatic heterocycles. The highest BCUT2D eigenvalue weighted by molar-refractivity contribution is 7.99. The van der Waals surface area contributed by atoms with Crippen molar-refractivity contribution in [2.24, 2.45) is 0 Å². The van der Waals surface area contributed by atoms with E-state index in [9.17, 15) is 0 Å². The van der Waals surface area contributed by atoms with Crippen molar-refractivity contribution in [1.29, 1.82) is 0 Å². The highest BCUT2D eigenvalue weighted by Crippen LogP contribution is 2.36. The van der Waals surface area contributed by atoms with Crippen LogP contribution in [0.4, 0.5) is 29.0 Å². The highest BCUT2D eigenvalue weighted by atomic mass is 32.2. The molecule has 1 aromatic carbocycles. The van der Waals surface area contributed by atoms with Crippen LogP contribution in [0.15, 0.2) is 49.6 Å². The van der Waals surface area contributed by atoms with Crippen molar-refractivity contribution in [1.82, 2.24) is 30.1 Å². The molecule has 3 heterocycles. The Balaban J connectivity index is 1.76. The van der Waals surface area contributed by atoms with E-state index in [0.717, 1.165) is 28.0 Å². The fourth-order valence-electron chi connectivity index (χ4n) is 2.81. The average molecular weight is 405 g/mol. The molecule has 4 rings (SSSR count). The molecule has 4 aromatic rings. The van der Waals surface area contributed by atoms with Crippen LogP contribution in [-0.2, 0) is 0 Å². The van der Waals surface area contributed by atoms with E-state index in [4.69, 9.17) is 0 Å². The van der Waals surface area contributed by atoms with Gasteiger partial charge in [0.05, 0.1) is 23.1 Å². The van der Waals surface area contributed by atoms with Crippen molar-refractivity contribution in [2.45, 2.75) is 0 Å². The van der Waals surface area contributed by atoms with Gasteiger partial charge in [0.25, 0.3) is 0 Å². The predicted molar refractivity (Wildman–Crippen MR) is 119 cm³/mol. The molecule has 0 saturated carbocycles. The molecule has 0 saturated heterocycles. The topological polar surface area (TPSA) is 108 Å². The van der Waals surface area contributed by atoms with Gasteiger partial charge in [0.15, 0.2) is 0 Å². The minimum atomic E-state index is 0.433. The zero-order chi connectivity index (χ0) is 20.2. The molecule has 0 spiro atoms. The lowest BCUT2D eigenvalue weighted by Crippen LogP contribution is -2.11. The second kappa shape index (κ2) is 8.15. The van der Waals surface area contributed by atoms with E-state index in [2.05, 4.69) is 47.3 Å². The molecular weight excluding hydrogens is 386 g/mol. The average Bonchev–Trinajstić information content (AvgIpc) is 3.26. The van der Waals surface area contributed by atoms with Crippen molar-refractivity contribution in [3.05, 3.63) is 55.1 Å². The van der Waals surface area contributed by atoms with Gasteiger partial charge < -0.3 is 14.9 Å². The minimum absolute atomic E-state index is 0.433. The molecule has 146 valence electrons. The van der Waals surface area contributed by atoms with Crippen molar-refractivity contribution < 1.29 is 0 Å². The summed E-state index contributed by atoms with van der Waals surface area (Å²) in [5, 5.41) is 13.2. The molecule has 0 fully saturated rings. The third kappa shape index (κ3) is 3.83. The molecule has 10 heteroatoms. The summed E-state index contributed by atoms with van der Waals surface area (Å²) in [4.78, 5) is 17.9. The lowest BCUT2D eigenvalue weighted by molar-refractivity contribution is 1.08. The number of aromatic amines is 1. The summed E-state index contributed by atoms with van der Waals surface area (Å²) in [6.45, 7) is 3.87. The molecular formula is C19H19N9S. The van der Waals surface area contributed by atoms with E-state index in [-0.39, 0.29) is 0 Å². The van der Waals surface area contributed by atoms with Crippen molar-refractivity contribution in [2.75, 3.05) is 28.2 Å². The van der Waals surface area contributed by atoms with Gasteiger partial charge >= 0.3 is 0 Å². The largest absolute Gasteiger partial charge is 0.338 e. The number of hydrogen-bond acceptors (Lipinski definition) is 9. The molecule has 0 amide bonds. The van der Waals surface area contributed by atoms with Crippen molar-refractivity contribution in [3.63, 3.8) is 0 Å². The maximum Gasteiger partial charge on any atom is 0.230 e. The number of nitrogens with zero attached hydrogens (tertiary/aromatic N) is 6. The zero-order valence-corrected chi connectivity index (χ0v) is 16.7. The Morgan fingerprint density at radius 3 is 2.72 bits per heavy atom. The van der Waals surface area contributed by atoms with Crippen LogP contribution in [0.1, 0.15) is 5.56 Å². The lowest BCUT2D eigenvalue weighted by atomic mass is 10.2. The summed E-state index contributed by atoms with van der Waals surface area (Å²) < 4.78 is 2.04. The van der Waals surface area contributed by atoms with Crippen molar-refractivity contribution in [3.8, 4) is 0 Å². The van der Waals surface area contributed by atoms with E-state index in [1.165, 1.54) is 0 Å².